The number of benzene rings is 2. The average Bonchev–Trinajstić information content (AvgIpc) is 3.16. The van der Waals surface area contributed by atoms with Gasteiger partial charge < -0.3 is 15.4 Å². The number of fused-ring (bicyclic) bond motifs is 1. The molecule has 0 spiro atoms. The zero-order valence-electron chi connectivity index (χ0n) is 16.5. The van der Waals surface area contributed by atoms with E-state index in [0.29, 0.717) is 28.4 Å². The normalized spacial score (nSPS) is 15.1. The van der Waals surface area contributed by atoms with Gasteiger partial charge in [0.1, 0.15) is 17.6 Å². The summed E-state index contributed by atoms with van der Waals surface area (Å²) in [5.41, 5.74) is 2.40. The first-order chi connectivity index (χ1) is 14.5. The molecule has 2 heterocycles. The predicted molar refractivity (Wildman–Crippen MR) is 112 cm³/mol. The van der Waals surface area contributed by atoms with Crippen LogP contribution in [0.2, 0.25) is 0 Å². The third kappa shape index (κ3) is 3.55. The summed E-state index contributed by atoms with van der Waals surface area (Å²) in [5, 5.41) is 9.96. The Balaban J connectivity index is 1.67. The van der Waals surface area contributed by atoms with E-state index in [-0.39, 0.29) is 24.0 Å². The molecule has 1 aliphatic heterocycles. The van der Waals surface area contributed by atoms with E-state index in [1.165, 1.54) is 11.6 Å². The van der Waals surface area contributed by atoms with E-state index in [4.69, 9.17) is 4.74 Å². The molecule has 2 amide bonds. The molecule has 0 fully saturated rings. The van der Waals surface area contributed by atoms with Gasteiger partial charge in [0.25, 0.3) is 0 Å². The standard InChI is InChI=1S/C22H20N4O4/c1-13(27)14-6-5-7-15(10-14)24-22(29)18-11-20(28)25-21-17(12-23-26(18)21)16-8-3-4-9-19(16)30-2/h3-10,12,18H,11H2,1-2H3,(H,24,29)(H,25,28)/t18-/m0/s1. The molecule has 8 heteroatoms. The van der Waals surface area contributed by atoms with Crippen molar-refractivity contribution in [1.29, 1.82) is 0 Å². The Bertz CT molecular complexity index is 1150. The van der Waals surface area contributed by atoms with E-state index in [2.05, 4.69) is 15.7 Å². The molecular weight excluding hydrogens is 384 g/mol. The van der Waals surface area contributed by atoms with Crippen LogP contribution in [-0.4, -0.2) is 34.5 Å². The van der Waals surface area contributed by atoms with Gasteiger partial charge in [-0.25, -0.2) is 4.68 Å². The number of hydrogen-bond acceptors (Lipinski definition) is 5. The summed E-state index contributed by atoms with van der Waals surface area (Å²) in [6.45, 7) is 1.46. The van der Waals surface area contributed by atoms with Crippen molar-refractivity contribution >= 4 is 29.1 Å². The molecule has 4 rings (SSSR count). The number of para-hydroxylation sites is 1. The number of anilines is 2. The van der Waals surface area contributed by atoms with Crippen molar-refractivity contribution in [2.24, 2.45) is 0 Å². The second-order valence-corrected chi connectivity index (χ2v) is 6.95. The van der Waals surface area contributed by atoms with Crippen LogP contribution in [0.25, 0.3) is 11.1 Å². The Labute approximate surface area is 172 Å². The van der Waals surface area contributed by atoms with Crippen molar-refractivity contribution in [3.8, 4) is 16.9 Å². The third-order valence-electron chi connectivity index (χ3n) is 4.96. The molecule has 0 unspecified atom stereocenters. The molecule has 8 nitrogen and oxygen atoms in total. The average molecular weight is 404 g/mol. The van der Waals surface area contributed by atoms with E-state index < -0.39 is 6.04 Å². The van der Waals surface area contributed by atoms with Gasteiger partial charge in [0.15, 0.2) is 5.78 Å². The van der Waals surface area contributed by atoms with Gasteiger partial charge in [-0.3, -0.25) is 14.4 Å². The van der Waals surface area contributed by atoms with Crippen LogP contribution in [-0.2, 0) is 9.59 Å². The lowest BCUT2D eigenvalue weighted by Crippen LogP contribution is -2.35. The second-order valence-electron chi connectivity index (χ2n) is 6.95. The van der Waals surface area contributed by atoms with Crippen molar-refractivity contribution in [1.82, 2.24) is 9.78 Å². The van der Waals surface area contributed by atoms with Gasteiger partial charge in [-0.2, -0.15) is 5.10 Å². The van der Waals surface area contributed by atoms with Gasteiger partial charge in [-0.05, 0) is 25.1 Å². The summed E-state index contributed by atoms with van der Waals surface area (Å²) in [7, 11) is 1.57. The molecule has 1 aromatic heterocycles. The Morgan fingerprint density at radius 2 is 1.97 bits per heavy atom. The number of carbonyl (C=O) groups excluding carboxylic acids is 3. The molecule has 1 atom stereocenters. The highest BCUT2D eigenvalue weighted by Crippen LogP contribution is 2.38. The molecule has 0 saturated carbocycles. The van der Waals surface area contributed by atoms with Crippen molar-refractivity contribution in [3.05, 3.63) is 60.3 Å². The molecule has 1 aliphatic rings. The van der Waals surface area contributed by atoms with Crippen LogP contribution in [0.15, 0.2) is 54.7 Å². The first-order valence-electron chi connectivity index (χ1n) is 9.40. The Hall–Kier alpha value is -3.94. The molecular formula is C22H20N4O4. The molecule has 3 aromatic rings. The minimum atomic E-state index is -0.821. The zero-order chi connectivity index (χ0) is 21.3. The highest BCUT2D eigenvalue weighted by Gasteiger charge is 2.33. The third-order valence-corrected chi connectivity index (χ3v) is 4.96. The molecule has 2 N–H and O–H groups in total. The number of aromatic nitrogens is 2. The number of rotatable bonds is 5. The highest BCUT2D eigenvalue weighted by molar-refractivity contribution is 6.04. The van der Waals surface area contributed by atoms with Crippen molar-refractivity contribution in [2.45, 2.75) is 19.4 Å². The van der Waals surface area contributed by atoms with Gasteiger partial charge in [-0.15, -0.1) is 0 Å². The van der Waals surface area contributed by atoms with Crippen molar-refractivity contribution in [2.75, 3.05) is 17.7 Å². The van der Waals surface area contributed by atoms with Gasteiger partial charge >= 0.3 is 0 Å². The fraction of sp³-hybridized carbons (Fsp3) is 0.182. The monoisotopic (exact) mass is 404 g/mol. The number of methoxy groups -OCH3 is 1. The molecule has 0 radical (unpaired) electrons. The summed E-state index contributed by atoms with van der Waals surface area (Å²) in [6, 6.07) is 13.2. The highest BCUT2D eigenvalue weighted by atomic mass is 16.5. The summed E-state index contributed by atoms with van der Waals surface area (Å²) in [5.74, 6) is 0.306. The van der Waals surface area contributed by atoms with Gasteiger partial charge in [0, 0.05) is 22.4 Å². The van der Waals surface area contributed by atoms with Crippen LogP contribution in [0, 0.1) is 0 Å². The van der Waals surface area contributed by atoms with E-state index in [9.17, 15) is 14.4 Å². The van der Waals surface area contributed by atoms with E-state index in [1.54, 1.807) is 37.6 Å². The number of nitrogens with one attached hydrogen (secondary N) is 2. The largest absolute Gasteiger partial charge is 0.496 e. The molecule has 152 valence electrons. The van der Waals surface area contributed by atoms with Crippen LogP contribution in [0.3, 0.4) is 0 Å². The Morgan fingerprint density at radius 1 is 1.17 bits per heavy atom. The maximum Gasteiger partial charge on any atom is 0.249 e. The Kier molecular flexibility index (Phi) is 5.05. The summed E-state index contributed by atoms with van der Waals surface area (Å²) in [6.07, 6.45) is 1.56. The molecule has 2 aromatic carbocycles. The lowest BCUT2D eigenvalue weighted by atomic mass is 10.1. The SMILES string of the molecule is COc1ccccc1-c1cnn2c1NC(=O)C[C@H]2C(=O)Nc1cccc(C(C)=O)c1. The lowest BCUT2D eigenvalue weighted by Gasteiger charge is -2.24. The van der Waals surface area contributed by atoms with Crippen molar-refractivity contribution in [3.63, 3.8) is 0 Å². The summed E-state index contributed by atoms with van der Waals surface area (Å²) < 4.78 is 6.92. The number of carbonyl (C=O) groups is 3. The van der Waals surface area contributed by atoms with E-state index >= 15 is 0 Å². The number of amides is 2. The smallest absolute Gasteiger partial charge is 0.249 e. The first-order valence-corrected chi connectivity index (χ1v) is 9.40. The van der Waals surface area contributed by atoms with Crippen LogP contribution in [0.4, 0.5) is 11.5 Å². The number of Topliss-reactive ketones (excluding diaryl/α,β-unsaturated/α-hetero) is 1. The fourth-order valence-electron chi connectivity index (χ4n) is 3.48. The molecule has 30 heavy (non-hydrogen) atoms. The minimum absolute atomic E-state index is 0.0434. The topological polar surface area (TPSA) is 102 Å². The van der Waals surface area contributed by atoms with Crippen LogP contribution in [0.5, 0.6) is 5.75 Å². The minimum Gasteiger partial charge on any atom is -0.496 e. The number of ketones is 1. The van der Waals surface area contributed by atoms with Gasteiger partial charge in [-0.1, -0.05) is 30.3 Å². The Morgan fingerprint density at radius 3 is 2.73 bits per heavy atom. The van der Waals surface area contributed by atoms with Gasteiger partial charge in [0.05, 0.1) is 19.7 Å². The van der Waals surface area contributed by atoms with Crippen LogP contribution < -0.4 is 15.4 Å². The zero-order valence-corrected chi connectivity index (χ0v) is 16.5. The number of hydrogen-bond donors (Lipinski definition) is 2. The van der Waals surface area contributed by atoms with E-state index in [0.717, 1.165) is 5.56 Å². The quantitative estimate of drug-likeness (QED) is 0.636. The van der Waals surface area contributed by atoms with Crippen molar-refractivity contribution < 1.29 is 19.1 Å². The maximum atomic E-state index is 13.0. The van der Waals surface area contributed by atoms with Crippen LogP contribution in [0.1, 0.15) is 29.7 Å². The molecule has 0 saturated heterocycles. The maximum absolute atomic E-state index is 13.0. The van der Waals surface area contributed by atoms with E-state index in [1.807, 2.05) is 24.3 Å². The molecule has 0 aliphatic carbocycles. The fourth-order valence-corrected chi connectivity index (χ4v) is 3.48. The van der Waals surface area contributed by atoms with Crippen LogP contribution >= 0.6 is 0 Å². The number of ether oxygens (including phenoxy) is 1. The summed E-state index contributed by atoms with van der Waals surface area (Å²) >= 11 is 0. The predicted octanol–water partition coefficient (Wildman–Crippen LogP) is 3.28. The molecule has 0 bridgehead atoms. The number of nitrogens with zero attached hydrogens (tertiary/aromatic N) is 2. The lowest BCUT2D eigenvalue weighted by molar-refractivity contribution is -0.125. The summed E-state index contributed by atoms with van der Waals surface area (Å²) in [4.78, 5) is 36.9. The first kappa shape index (κ1) is 19.4. The second kappa shape index (κ2) is 7.82. The van der Waals surface area contributed by atoms with Gasteiger partial charge in [0.2, 0.25) is 11.8 Å².